The largest absolute Gasteiger partial charge is 0.508 e. The van der Waals surface area contributed by atoms with E-state index in [-0.39, 0.29) is 16.5 Å². The predicted octanol–water partition coefficient (Wildman–Crippen LogP) is -0.447. The van der Waals surface area contributed by atoms with Gasteiger partial charge in [0.1, 0.15) is 40.8 Å². The summed E-state index contributed by atoms with van der Waals surface area (Å²) in [6, 6.07) is 5.23. The first kappa shape index (κ1) is 23.1. The van der Waals surface area contributed by atoms with Gasteiger partial charge < -0.3 is 54.7 Å². The normalized spacial score (nSPS) is 24.7. The topological polar surface area (TPSA) is 228 Å². The average Bonchev–Trinajstić information content (AvgIpc) is 2.77. The summed E-state index contributed by atoms with van der Waals surface area (Å²) >= 11 is 0. The number of hydrogen-bond acceptors (Lipinski definition) is 12. The fourth-order valence-electron chi connectivity index (χ4n) is 3.50. The van der Waals surface area contributed by atoms with E-state index in [0.29, 0.717) is 0 Å². The number of carbonyl (C=O) groups is 1. The van der Waals surface area contributed by atoms with Crippen molar-refractivity contribution in [1.82, 2.24) is 0 Å². The van der Waals surface area contributed by atoms with Crippen molar-refractivity contribution in [2.75, 3.05) is 0 Å². The van der Waals surface area contributed by atoms with Gasteiger partial charge in [-0.05, 0) is 18.2 Å². The van der Waals surface area contributed by atoms with Crippen LogP contribution in [-0.4, -0.2) is 77.5 Å². The van der Waals surface area contributed by atoms with E-state index in [1.165, 1.54) is 6.07 Å². The van der Waals surface area contributed by atoms with Crippen molar-refractivity contribution in [1.29, 1.82) is 0 Å². The molecule has 3 aromatic rings. The van der Waals surface area contributed by atoms with Gasteiger partial charge in [-0.2, -0.15) is 0 Å². The highest BCUT2D eigenvalue weighted by Crippen LogP contribution is 2.39. The number of benzene rings is 2. The fraction of sp³-hybridized carbons (Fsp3) is 0.238. The first-order chi connectivity index (χ1) is 16.0. The second kappa shape index (κ2) is 8.39. The SMILES string of the molecule is O=C(O)[C@@H]1O[C@H](Oc2cc(-c3oc4cc(O)cc(O)c4c(=O)c3O)ccc2O)[C@@H](O)[C@H](O)[C@H]1O. The second-order valence-electron chi connectivity index (χ2n) is 7.48. The molecular weight excluding hydrogens is 460 g/mol. The van der Waals surface area contributed by atoms with Crippen LogP contribution < -0.4 is 10.2 Å². The number of hydrogen-bond donors (Lipinski definition) is 8. The molecule has 1 aromatic heterocycles. The van der Waals surface area contributed by atoms with Crippen molar-refractivity contribution in [3.8, 4) is 40.1 Å². The lowest BCUT2D eigenvalue weighted by atomic mass is 9.99. The van der Waals surface area contributed by atoms with E-state index in [4.69, 9.17) is 19.0 Å². The van der Waals surface area contributed by atoms with Gasteiger partial charge in [-0.25, -0.2) is 4.79 Å². The molecule has 1 aliphatic heterocycles. The van der Waals surface area contributed by atoms with E-state index >= 15 is 0 Å². The second-order valence-corrected chi connectivity index (χ2v) is 7.48. The van der Waals surface area contributed by atoms with E-state index in [2.05, 4.69) is 0 Å². The quantitative estimate of drug-likeness (QED) is 0.238. The number of ether oxygens (including phenoxy) is 2. The van der Waals surface area contributed by atoms with Gasteiger partial charge in [-0.3, -0.25) is 4.79 Å². The van der Waals surface area contributed by atoms with Gasteiger partial charge in [0.25, 0.3) is 0 Å². The number of phenols is 3. The zero-order valence-corrected chi connectivity index (χ0v) is 16.9. The average molecular weight is 478 g/mol. The van der Waals surface area contributed by atoms with E-state index in [9.17, 15) is 45.3 Å². The monoisotopic (exact) mass is 478 g/mol. The third kappa shape index (κ3) is 3.82. The number of aliphatic carboxylic acids is 1. The molecule has 1 fully saturated rings. The van der Waals surface area contributed by atoms with Crippen molar-refractivity contribution in [3.63, 3.8) is 0 Å². The van der Waals surface area contributed by atoms with Crippen LogP contribution in [0.3, 0.4) is 0 Å². The third-order valence-corrected chi connectivity index (χ3v) is 5.21. The third-order valence-electron chi connectivity index (χ3n) is 5.21. The number of phenolic OH excluding ortho intramolecular Hbond substituents is 3. The van der Waals surface area contributed by atoms with Gasteiger partial charge in [0.2, 0.25) is 17.5 Å². The lowest BCUT2D eigenvalue weighted by Crippen LogP contribution is -2.61. The van der Waals surface area contributed by atoms with Gasteiger partial charge in [0.05, 0.1) is 0 Å². The van der Waals surface area contributed by atoms with Crippen LogP contribution in [0.2, 0.25) is 0 Å². The van der Waals surface area contributed by atoms with Crippen molar-refractivity contribution >= 4 is 16.9 Å². The molecule has 1 aliphatic rings. The Hall–Kier alpha value is -4.04. The van der Waals surface area contributed by atoms with E-state index in [1.807, 2.05) is 0 Å². The Morgan fingerprint density at radius 3 is 2.29 bits per heavy atom. The van der Waals surface area contributed by atoms with E-state index < -0.39 is 76.6 Å². The maximum Gasteiger partial charge on any atom is 0.335 e. The van der Waals surface area contributed by atoms with E-state index in [1.54, 1.807) is 0 Å². The molecule has 0 radical (unpaired) electrons. The van der Waals surface area contributed by atoms with Crippen molar-refractivity contribution < 1.29 is 59.5 Å². The summed E-state index contributed by atoms with van der Waals surface area (Å²) in [5, 5.41) is 78.6. The molecule has 34 heavy (non-hydrogen) atoms. The molecule has 0 saturated carbocycles. The maximum absolute atomic E-state index is 12.5. The molecule has 0 aliphatic carbocycles. The number of aliphatic hydroxyl groups is 3. The zero-order valence-electron chi connectivity index (χ0n) is 16.9. The van der Waals surface area contributed by atoms with Gasteiger partial charge in [-0.1, -0.05) is 0 Å². The minimum atomic E-state index is -1.95. The molecule has 0 bridgehead atoms. The zero-order chi connectivity index (χ0) is 24.9. The van der Waals surface area contributed by atoms with E-state index in [0.717, 1.165) is 24.3 Å². The summed E-state index contributed by atoms with van der Waals surface area (Å²) in [5.41, 5.74) is -1.33. The van der Waals surface area contributed by atoms with Crippen LogP contribution in [0.4, 0.5) is 0 Å². The molecule has 180 valence electrons. The van der Waals surface area contributed by atoms with Gasteiger partial charge in [-0.15, -0.1) is 0 Å². The van der Waals surface area contributed by atoms with Crippen LogP contribution in [0.5, 0.6) is 28.7 Å². The lowest BCUT2D eigenvalue weighted by molar-refractivity contribution is -0.271. The molecule has 13 nitrogen and oxygen atoms in total. The summed E-state index contributed by atoms with van der Waals surface area (Å²) in [4.78, 5) is 23.8. The Morgan fingerprint density at radius 1 is 0.912 bits per heavy atom. The summed E-state index contributed by atoms with van der Waals surface area (Å²) in [6.45, 7) is 0. The van der Waals surface area contributed by atoms with Crippen LogP contribution in [0.1, 0.15) is 0 Å². The predicted molar refractivity (Wildman–Crippen MR) is 110 cm³/mol. The number of rotatable bonds is 4. The maximum atomic E-state index is 12.5. The van der Waals surface area contributed by atoms with Gasteiger partial charge >= 0.3 is 5.97 Å². The first-order valence-electron chi connectivity index (χ1n) is 9.64. The smallest absolute Gasteiger partial charge is 0.335 e. The number of carboxylic acid groups (broad SMARTS) is 1. The Kier molecular flexibility index (Phi) is 5.70. The summed E-state index contributed by atoms with van der Waals surface area (Å²) in [5.74, 6) is -5.01. The van der Waals surface area contributed by atoms with Gasteiger partial charge in [0.15, 0.2) is 23.4 Å². The molecule has 0 spiro atoms. The van der Waals surface area contributed by atoms with Crippen LogP contribution in [0, 0.1) is 0 Å². The van der Waals surface area contributed by atoms with Crippen LogP contribution >= 0.6 is 0 Å². The minimum absolute atomic E-state index is 0.0483. The highest BCUT2D eigenvalue weighted by molar-refractivity contribution is 5.88. The summed E-state index contributed by atoms with van der Waals surface area (Å²) in [6.07, 6.45) is -9.60. The summed E-state index contributed by atoms with van der Waals surface area (Å²) in [7, 11) is 0. The molecule has 4 rings (SSSR count). The minimum Gasteiger partial charge on any atom is -0.508 e. The van der Waals surface area contributed by atoms with Crippen LogP contribution in [-0.2, 0) is 9.53 Å². The lowest BCUT2D eigenvalue weighted by Gasteiger charge is -2.38. The first-order valence-corrected chi connectivity index (χ1v) is 9.64. The molecule has 0 unspecified atom stereocenters. The van der Waals surface area contributed by atoms with Gasteiger partial charge in [0, 0.05) is 17.7 Å². The Labute approximate surface area is 188 Å². The molecular formula is C21H18O13. The molecule has 0 amide bonds. The highest BCUT2D eigenvalue weighted by atomic mass is 16.7. The Balaban J connectivity index is 1.75. The van der Waals surface area contributed by atoms with Crippen LogP contribution in [0.25, 0.3) is 22.3 Å². The molecule has 2 heterocycles. The molecule has 5 atom stereocenters. The van der Waals surface area contributed by atoms with Crippen molar-refractivity contribution in [2.45, 2.75) is 30.7 Å². The van der Waals surface area contributed by atoms with Crippen LogP contribution in [0.15, 0.2) is 39.5 Å². The number of carboxylic acids is 1. The Morgan fingerprint density at radius 2 is 1.62 bits per heavy atom. The molecule has 1 saturated heterocycles. The molecule has 8 N–H and O–H groups in total. The fourth-order valence-corrected chi connectivity index (χ4v) is 3.50. The summed E-state index contributed by atoms with van der Waals surface area (Å²) < 4.78 is 15.8. The number of aliphatic hydroxyl groups excluding tert-OH is 3. The highest BCUT2D eigenvalue weighted by Gasteiger charge is 2.48. The number of aromatic hydroxyl groups is 4. The number of fused-ring (bicyclic) bond motifs is 1. The molecule has 13 heteroatoms. The standard InChI is InChI=1S/C21H18O13/c22-7-4-9(24)12-11(5-7)32-18(15(27)13(12)25)6-1-2-8(23)10(3-6)33-21-17(29)14(26)16(28)19(34-21)20(30)31/h1-5,14,16-17,19,21-24,26-29H,(H,30,31)/t14-,16-,17+,19-,21+/m1/s1. The van der Waals surface area contributed by atoms with Crippen molar-refractivity contribution in [3.05, 3.63) is 40.6 Å². The molecule has 2 aromatic carbocycles. The van der Waals surface area contributed by atoms with Crippen molar-refractivity contribution in [2.24, 2.45) is 0 Å². The Bertz CT molecular complexity index is 1330.